The van der Waals surface area contributed by atoms with Crippen molar-refractivity contribution in [3.05, 3.63) is 29.8 Å². The summed E-state index contributed by atoms with van der Waals surface area (Å²) in [6.07, 6.45) is 0.898. The fourth-order valence-corrected chi connectivity index (χ4v) is 3.80. The third kappa shape index (κ3) is 5.36. The fraction of sp³-hybridized carbons (Fsp3) is 0.667. The van der Waals surface area contributed by atoms with Gasteiger partial charge in [-0.2, -0.15) is 0 Å². The summed E-state index contributed by atoms with van der Waals surface area (Å²) in [7, 11) is 0. The fourth-order valence-electron chi connectivity index (χ4n) is 3.80. The number of hydrogen-bond acceptors (Lipinski definition) is 4. The van der Waals surface area contributed by atoms with Crippen molar-refractivity contribution in [3.8, 4) is 5.75 Å². The van der Waals surface area contributed by atoms with E-state index in [4.69, 9.17) is 14.5 Å². The van der Waals surface area contributed by atoms with Gasteiger partial charge in [-0.25, -0.2) is 0 Å². The van der Waals surface area contributed by atoms with Gasteiger partial charge >= 0.3 is 0 Å². The van der Waals surface area contributed by atoms with Gasteiger partial charge in [0.2, 0.25) is 0 Å². The highest BCUT2D eigenvalue weighted by molar-refractivity contribution is 5.80. The van der Waals surface area contributed by atoms with Crippen LogP contribution in [0.4, 0.5) is 0 Å². The van der Waals surface area contributed by atoms with E-state index in [9.17, 15) is 0 Å². The number of guanidine groups is 1. The number of nitrogens with zero attached hydrogens (tertiary/aromatic N) is 2. The molecule has 3 rings (SSSR count). The summed E-state index contributed by atoms with van der Waals surface area (Å²) >= 11 is 0. The van der Waals surface area contributed by atoms with Gasteiger partial charge < -0.3 is 20.1 Å². The van der Waals surface area contributed by atoms with Gasteiger partial charge in [0.05, 0.1) is 25.8 Å². The van der Waals surface area contributed by atoms with Crippen LogP contribution in [0.2, 0.25) is 0 Å². The molecule has 1 fully saturated rings. The van der Waals surface area contributed by atoms with Crippen molar-refractivity contribution in [1.29, 1.82) is 0 Å². The van der Waals surface area contributed by atoms with Gasteiger partial charge in [0.25, 0.3) is 0 Å². The van der Waals surface area contributed by atoms with Crippen molar-refractivity contribution in [2.75, 3.05) is 39.4 Å². The average Bonchev–Trinajstić information content (AvgIpc) is 2.62. The Morgan fingerprint density at radius 3 is 2.93 bits per heavy atom. The van der Waals surface area contributed by atoms with Crippen LogP contribution < -0.4 is 15.4 Å². The minimum absolute atomic E-state index is 0.185. The Balaban J connectivity index is 1.66. The lowest BCUT2D eigenvalue weighted by Crippen LogP contribution is -2.46. The Morgan fingerprint density at radius 2 is 2.15 bits per heavy atom. The second kappa shape index (κ2) is 8.93. The van der Waals surface area contributed by atoms with Crippen LogP contribution in [0.1, 0.15) is 45.7 Å². The molecule has 1 saturated heterocycles. The van der Waals surface area contributed by atoms with E-state index in [2.05, 4.69) is 61.4 Å². The molecule has 0 aliphatic carbocycles. The topological polar surface area (TPSA) is 58.1 Å². The molecular formula is C21H34N4O2. The van der Waals surface area contributed by atoms with Crippen molar-refractivity contribution in [2.45, 2.75) is 51.8 Å². The van der Waals surface area contributed by atoms with Crippen LogP contribution in [-0.4, -0.2) is 61.9 Å². The van der Waals surface area contributed by atoms with Crippen molar-refractivity contribution in [1.82, 2.24) is 15.5 Å². The zero-order valence-corrected chi connectivity index (χ0v) is 17.1. The molecule has 1 aromatic carbocycles. The van der Waals surface area contributed by atoms with Gasteiger partial charge in [0.15, 0.2) is 5.96 Å². The first-order valence-corrected chi connectivity index (χ1v) is 10.1. The first kappa shape index (κ1) is 20.0. The number of fused-ring (bicyclic) bond motifs is 1. The van der Waals surface area contributed by atoms with Crippen molar-refractivity contribution in [3.63, 3.8) is 0 Å². The lowest BCUT2D eigenvalue weighted by molar-refractivity contribution is 0.00140. The second-order valence-corrected chi connectivity index (χ2v) is 8.02. The molecule has 1 aromatic rings. The Labute approximate surface area is 163 Å². The molecule has 2 aliphatic rings. The summed E-state index contributed by atoms with van der Waals surface area (Å²) in [4.78, 5) is 7.28. The lowest BCUT2D eigenvalue weighted by Gasteiger charge is -2.38. The van der Waals surface area contributed by atoms with Gasteiger partial charge in [-0.05, 0) is 33.8 Å². The lowest BCUT2D eigenvalue weighted by atomic mass is 9.90. The molecule has 0 bridgehead atoms. The molecule has 0 aromatic heterocycles. The van der Waals surface area contributed by atoms with Crippen LogP contribution in [0.15, 0.2) is 29.3 Å². The number of morpholine rings is 1. The van der Waals surface area contributed by atoms with Crippen LogP contribution in [0.25, 0.3) is 0 Å². The predicted octanol–water partition coefficient (Wildman–Crippen LogP) is 2.56. The highest BCUT2D eigenvalue weighted by Gasteiger charge is 2.34. The summed E-state index contributed by atoms with van der Waals surface area (Å²) in [5.74, 6) is 1.83. The van der Waals surface area contributed by atoms with E-state index >= 15 is 0 Å². The average molecular weight is 375 g/mol. The largest absolute Gasteiger partial charge is 0.487 e. The van der Waals surface area contributed by atoms with Gasteiger partial charge in [0, 0.05) is 37.7 Å². The number of hydrogen-bond donors (Lipinski definition) is 2. The second-order valence-electron chi connectivity index (χ2n) is 8.02. The highest BCUT2D eigenvalue weighted by Crippen LogP contribution is 2.39. The van der Waals surface area contributed by atoms with E-state index in [1.807, 2.05) is 6.07 Å². The summed E-state index contributed by atoms with van der Waals surface area (Å²) in [5.41, 5.74) is 0.997. The molecule has 0 radical (unpaired) electrons. The zero-order valence-electron chi connectivity index (χ0n) is 17.1. The van der Waals surface area contributed by atoms with E-state index in [0.717, 1.165) is 57.5 Å². The van der Waals surface area contributed by atoms with Crippen LogP contribution in [-0.2, 0) is 4.74 Å². The van der Waals surface area contributed by atoms with E-state index in [1.54, 1.807) is 0 Å². The van der Waals surface area contributed by atoms with Crippen molar-refractivity contribution >= 4 is 5.96 Å². The number of ether oxygens (including phenoxy) is 2. The van der Waals surface area contributed by atoms with Gasteiger partial charge in [-0.3, -0.25) is 9.89 Å². The minimum atomic E-state index is -0.202. The molecule has 0 spiro atoms. The Kier molecular flexibility index (Phi) is 6.60. The Bertz CT molecular complexity index is 647. The third-order valence-corrected chi connectivity index (χ3v) is 5.19. The molecule has 0 amide bonds. The van der Waals surface area contributed by atoms with E-state index in [1.165, 1.54) is 5.56 Å². The van der Waals surface area contributed by atoms with E-state index in [0.29, 0.717) is 6.04 Å². The smallest absolute Gasteiger partial charge is 0.191 e. The van der Waals surface area contributed by atoms with Crippen LogP contribution in [0.3, 0.4) is 0 Å². The van der Waals surface area contributed by atoms with Gasteiger partial charge in [0.1, 0.15) is 11.4 Å². The monoisotopic (exact) mass is 374 g/mol. The number of para-hydroxylation sites is 1. The quantitative estimate of drug-likeness (QED) is 0.613. The SMILES string of the molecule is CCNC(=NCCN1CCOCC1C)NC1CC(C)(C)Oc2ccccc21. The number of benzene rings is 1. The molecule has 2 atom stereocenters. The van der Waals surface area contributed by atoms with E-state index < -0.39 is 0 Å². The molecular weight excluding hydrogens is 340 g/mol. The number of aliphatic imine (C=N–C) groups is 1. The molecule has 150 valence electrons. The maximum atomic E-state index is 6.14. The molecule has 6 heteroatoms. The minimum Gasteiger partial charge on any atom is -0.487 e. The molecule has 2 heterocycles. The van der Waals surface area contributed by atoms with Crippen molar-refractivity contribution < 1.29 is 9.47 Å². The zero-order chi connectivity index (χ0) is 19.3. The van der Waals surface area contributed by atoms with Crippen LogP contribution >= 0.6 is 0 Å². The summed E-state index contributed by atoms with van der Waals surface area (Å²) < 4.78 is 11.7. The normalized spacial score (nSPS) is 25.4. The maximum absolute atomic E-state index is 6.14. The first-order valence-electron chi connectivity index (χ1n) is 10.1. The van der Waals surface area contributed by atoms with Gasteiger partial charge in [-0.15, -0.1) is 0 Å². The molecule has 0 saturated carbocycles. The number of rotatable bonds is 5. The van der Waals surface area contributed by atoms with Crippen LogP contribution in [0, 0.1) is 0 Å². The summed E-state index contributed by atoms with van der Waals surface area (Å²) in [6.45, 7) is 13.8. The molecule has 27 heavy (non-hydrogen) atoms. The first-order chi connectivity index (χ1) is 13.0. The number of nitrogens with one attached hydrogen (secondary N) is 2. The maximum Gasteiger partial charge on any atom is 0.191 e. The summed E-state index contributed by atoms with van der Waals surface area (Å²) in [5, 5.41) is 7.03. The Hall–Kier alpha value is -1.79. The van der Waals surface area contributed by atoms with Gasteiger partial charge in [-0.1, -0.05) is 18.2 Å². The standard InChI is InChI=1S/C21H34N4O2/c1-5-22-20(23-10-11-25-12-13-26-15-16(25)2)24-18-14-21(3,4)27-19-9-7-6-8-17(18)19/h6-9,16,18H,5,10-15H2,1-4H3,(H2,22,23,24). The third-order valence-electron chi connectivity index (χ3n) is 5.19. The molecule has 2 aliphatic heterocycles. The van der Waals surface area contributed by atoms with Crippen molar-refractivity contribution in [2.24, 2.45) is 4.99 Å². The predicted molar refractivity (Wildman–Crippen MR) is 109 cm³/mol. The van der Waals surface area contributed by atoms with E-state index in [-0.39, 0.29) is 11.6 Å². The molecule has 2 N–H and O–H groups in total. The molecule has 6 nitrogen and oxygen atoms in total. The molecule has 2 unspecified atom stereocenters. The Morgan fingerprint density at radius 1 is 1.33 bits per heavy atom. The highest BCUT2D eigenvalue weighted by atomic mass is 16.5. The van der Waals surface area contributed by atoms with Crippen LogP contribution in [0.5, 0.6) is 5.75 Å². The summed E-state index contributed by atoms with van der Waals surface area (Å²) in [6, 6.07) is 8.94.